The van der Waals surface area contributed by atoms with E-state index < -0.39 is 0 Å². The zero-order valence-corrected chi connectivity index (χ0v) is 16.8. The number of fused-ring (bicyclic) bond motifs is 1. The van der Waals surface area contributed by atoms with E-state index in [4.69, 9.17) is 4.74 Å². The van der Waals surface area contributed by atoms with Crippen molar-refractivity contribution in [1.82, 2.24) is 19.9 Å². The maximum Gasteiger partial charge on any atom is 0.230 e. The number of nitrogens with one attached hydrogen (secondary N) is 1. The maximum absolute atomic E-state index is 12.1. The molecule has 7 heteroatoms. The Morgan fingerprint density at radius 2 is 2.07 bits per heavy atom. The lowest BCUT2D eigenvalue weighted by Gasteiger charge is -2.11. The summed E-state index contributed by atoms with van der Waals surface area (Å²) in [5.74, 6) is 1.18. The first kappa shape index (κ1) is 19.2. The van der Waals surface area contributed by atoms with E-state index in [1.54, 1.807) is 11.6 Å². The fraction of sp³-hybridized carbons (Fsp3) is 0.350. The number of carbonyl (C=O) groups excluding carboxylic acids is 1. The highest BCUT2D eigenvalue weighted by Crippen LogP contribution is 2.28. The van der Waals surface area contributed by atoms with E-state index in [0.29, 0.717) is 5.75 Å². The maximum atomic E-state index is 12.1. The first-order valence-corrected chi connectivity index (χ1v) is 9.92. The second-order valence-corrected chi connectivity index (χ2v) is 7.42. The lowest BCUT2D eigenvalue weighted by Crippen LogP contribution is -2.33. The molecule has 0 spiro atoms. The highest BCUT2D eigenvalue weighted by molar-refractivity contribution is 7.99. The van der Waals surface area contributed by atoms with Gasteiger partial charge in [-0.2, -0.15) is 5.10 Å². The first-order valence-electron chi connectivity index (χ1n) is 8.93. The summed E-state index contributed by atoms with van der Waals surface area (Å²) in [5, 5.41) is 8.39. The number of benzene rings is 1. The van der Waals surface area contributed by atoms with Gasteiger partial charge in [-0.25, -0.2) is 9.50 Å². The van der Waals surface area contributed by atoms with Crippen LogP contribution in [0.25, 0.3) is 16.8 Å². The highest BCUT2D eigenvalue weighted by atomic mass is 32.2. The SMILES string of the molecule is CC[C@@H](C)NC(=O)CSc1cc(C)nc2c(-c3ccc(OC)cc3)cnn12. The molecule has 0 bridgehead atoms. The van der Waals surface area contributed by atoms with Crippen LogP contribution < -0.4 is 10.1 Å². The number of rotatable bonds is 7. The molecular weight excluding hydrogens is 360 g/mol. The molecule has 0 aliphatic carbocycles. The van der Waals surface area contributed by atoms with E-state index in [0.717, 1.165) is 39.7 Å². The number of amides is 1. The van der Waals surface area contributed by atoms with Gasteiger partial charge < -0.3 is 10.1 Å². The number of aryl methyl sites for hydroxylation is 1. The minimum atomic E-state index is 0.0273. The van der Waals surface area contributed by atoms with Crippen molar-refractivity contribution >= 4 is 23.3 Å². The molecule has 27 heavy (non-hydrogen) atoms. The van der Waals surface area contributed by atoms with E-state index in [1.807, 2.05) is 50.4 Å². The Morgan fingerprint density at radius 3 is 2.74 bits per heavy atom. The van der Waals surface area contributed by atoms with Crippen molar-refractivity contribution in [3.8, 4) is 16.9 Å². The highest BCUT2D eigenvalue weighted by Gasteiger charge is 2.14. The van der Waals surface area contributed by atoms with Crippen LogP contribution >= 0.6 is 11.8 Å². The Kier molecular flexibility index (Phi) is 6.01. The average molecular weight is 385 g/mol. The summed E-state index contributed by atoms with van der Waals surface area (Å²) in [6.45, 7) is 6.01. The second-order valence-electron chi connectivity index (χ2n) is 6.42. The van der Waals surface area contributed by atoms with Gasteiger partial charge in [-0.05, 0) is 44.0 Å². The van der Waals surface area contributed by atoms with Crippen molar-refractivity contribution in [2.24, 2.45) is 0 Å². The molecule has 3 rings (SSSR count). The van der Waals surface area contributed by atoms with Gasteiger partial charge >= 0.3 is 0 Å². The number of hydrogen-bond acceptors (Lipinski definition) is 5. The normalized spacial score (nSPS) is 12.1. The number of thioether (sulfide) groups is 1. The summed E-state index contributed by atoms with van der Waals surface area (Å²) >= 11 is 1.47. The van der Waals surface area contributed by atoms with Gasteiger partial charge in [0.25, 0.3) is 0 Å². The predicted octanol–water partition coefficient (Wildman–Crippen LogP) is 3.72. The van der Waals surface area contributed by atoms with Crippen LogP contribution in [0, 0.1) is 6.92 Å². The van der Waals surface area contributed by atoms with Crippen molar-refractivity contribution in [3.63, 3.8) is 0 Å². The van der Waals surface area contributed by atoms with Gasteiger partial charge in [0, 0.05) is 17.3 Å². The molecule has 2 heterocycles. The van der Waals surface area contributed by atoms with E-state index in [-0.39, 0.29) is 11.9 Å². The minimum absolute atomic E-state index is 0.0273. The van der Waals surface area contributed by atoms with Crippen LogP contribution in [-0.4, -0.2) is 39.4 Å². The van der Waals surface area contributed by atoms with E-state index in [9.17, 15) is 4.79 Å². The van der Waals surface area contributed by atoms with E-state index >= 15 is 0 Å². The Labute approximate surface area is 163 Å². The Morgan fingerprint density at radius 1 is 1.33 bits per heavy atom. The minimum Gasteiger partial charge on any atom is -0.497 e. The predicted molar refractivity (Wildman–Crippen MR) is 108 cm³/mol. The Balaban J connectivity index is 1.87. The molecule has 0 aliphatic heterocycles. The third kappa shape index (κ3) is 4.42. The molecule has 0 radical (unpaired) electrons. The van der Waals surface area contributed by atoms with Crippen LogP contribution in [-0.2, 0) is 4.79 Å². The van der Waals surface area contributed by atoms with E-state index in [2.05, 4.69) is 22.3 Å². The van der Waals surface area contributed by atoms with Gasteiger partial charge in [-0.3, -0.25) is 4.79 Å². The van der Waals surface area contributed by atoms with Crippen molar-refractivity contribution in [2.45, 2.75) is 38.3 Å². The van der Waals surface area contributed by atoms with Gasteiger partial charge in [0.05, 0.1) is 19.1 Å². The Bertz CT molecular complexity index is 937. The molecule has 0 fully saturated rings. The van der Waals surface area contributed by atoms with Gasteiger partial charge in [-0.15, -0.1) is 0 Å². The van der Waals surface area contributed by atoms with Crippen LogP contribution in [0.5, 0.6) is 5.75 Å². The number of carbonyl (C=O) groups is 1. The molecule has 0 unspecified atom stereocenters. The quantitative estimate of drug-likeness (QED) is 0.497. The van der Waals surface area contributed by atoms with Gasteiger partial charge in [0.1, 0.15) is 10.8 Å². The molecule has 6 nitrogen and oxygen atoms in total. The van der Waals surface area contributed by atoms with Crippen LogP contribution in [0.3, 0.4) is 0 Å². The third-order valence-corrected chi connectivity index (χ3v) is 5.33. The average Bonchev–Trinajstić information content (AvgIpc) is 3.09. The van der Waals surface area contributed by atoms with Gasteiger partial charge in [-0.1, -0.05) is 30.8 Å². The summed E-state index contributed by atoms with van der Waals surface area (Å²) in [4.78, 5) is 16.8. The summed E-state index contributed by atoms with van der Waals surface area (Å²) in [5.41, 5.74) is 3.65. The fourth-order valence-corrected chi connectivity index (χ4v) is 3.56. The lowest BCUT2D eigenvalue weighted by molar-refractivity contribution is -0.119. The van der Waals surface area contributed by atoms with Crippen LogP contribution in [0.15, 0.2) is 41.6 Å². The van der Waals surface area contributed by atoms with Crippen molar-refractivity contribution in [3.05, 3.63) is 42.2 Å². The van der Waals surface area contributed by atoms with Crippen LogP contribution in [0.4, 0.5) is 0 Å². The molecule has 1 amide bonds. The summed E-state index contributed by atoms with van der Waals surface area (Å²) < 4.78 is 7.02. The van der Waals surface area contributed by atoms with E-state index in [1.165, 1.54) is 11.8 Å². The molecular formula is C20H24N4O2S. The van der Waals surface area contributed by atoms with Gasteiger partial charge in [0.2, 0.25) is 5.91 Å². The zero-order chi connectivity index (χ0) is 19.4. The van der Waals surface area contributed by atoms with Crippen molar-refractivity contribution < 1.29 is 9.53 Å². The Hall–Kier alpha value is -2.54. The molecule has 142 valence electrons. The topological polar surface area (TPSA) is 68.5 Å². The number of nitrogens with zero attached hydrogens (tertiary/aromatic N) is 3. The third-order valence-electron chi connectivity index (χ3n) is 4.34. The molecule has 2 aromatic heterocycles. The second kappa shape index (κ2) is 8.43. The summed E-state index contributed by atoms with van der Waals surface area (Å²) in [6.07, 6.45) is 2.73. The summed E-state index contributed by atoms with van der Waals surface area (Å²) in [6, 6.07) is 9.97. The molecule has 1 aromatic carbocycles. The molecule has 0 saturated heterocycles. The molecule has 1 atom stereocenters. The van der Waals surface area contributed by atoms with Crippen LogP contribution in [0.1, 0.15) is 26.0 Å². The number of ether oxygens (including phenoxy) is 1. The van der Waals surface area contributed by atoms with Crippen LogP contribution in [0.2, 0.25) is 0 Å². The molecule has 1 N–H and O–H groups in total. The van der Waals surface area contributed by atoms with Gasteiger partial charge in [0.15, 0.2) is 5.65 Å². The smallest absolute Gasteiger partial charge is 0.230 e. The zero-order valence-electron chi connectivity index (χ0n) is 16.0. The molecule has 3 aromatic rings. The van der Waals surface area contributed by atoms with Crippen molar-refractivity contribution in [2.75, 3.05) is 12.9 Å². The standard InChI is InChI=1S/C20H24N4O2S/c1-5-13(2)22-18(25)12-27-19-10-14(3)23-20-17(11-21-24(19)20)15-6-8-16(26-4)9-7-15/h6-11,13H,5,12H2,1-4H3,(H,22,25)/t13-/m1/s1. The monoisotopic (exact) mass is 384 g/mol. The van der Waals surface area contributed by atoms with Crippen molar-refractivity contribution in [1.29, 1.82) is 0 Å². The molecule has 0 saturated carbocycles. The molecule has 0 aliphatic rings. The first-order chi connectivity index (χ1) is 13.0. The number of methoxy groups -OCH3 is 1. The fourth-order valence-electron chi connectivity index (χ4n) is 2.69. The number of hydrogen-bond donors (Lipinski definition) is 1. The largest absolute Gasteiger partial charge is 0.497 e. The summed E-state index contributed by atoms with van der Waals surface area (Å²) in [7, 11) is 1.65. The lowest BCUT2D eigenvalue weighted by atomic mass is 10.1. The number of aromatic nitrogens is 3.